The first-order valence-corrected chi connectivity index (χ1v) is 24.0. The van der Waals surface area contributed by atoms with Crippen LogP contribution in [-0.4, -0.2) is 0 Å². The normalized spacial score (nSPS) is 13.6. The standard InChI is InChI=1S/C67H52/c1-65(2,3)67(66(4,5)6)60-40-46-37-43(35-36-44(46)38-59(60)63-52-25-13-11-22-49(52)50-23-12-18-30-57(50)64(63)67)41-31-33-42(34-32-41)61-53-26-14-16-28-55(53)62(56-29-17-15-27-54(56)61)58-39-45-19-7-8-20-47(45)48-21-9-10-24-51(48)58/h7-40H,1-6H3. The van der Waals surface area contributed by atoms with Crippen molar-refractivity contribution in [3.63, 3.8) is 0 Å². The van der Waals surface area contributed by atoms with E-state index in [0.29, 0.717) is 0 Å². The summed E-state index contributed by atoms with van der Waals surface area (Å²) in [5.74, 6) is 0. The van der Waals surface area contributed by atoms with Crippen LogP contribution >= 0.6 is 0 Å². The smallest absolute Gasteiger partial charge is 0.0318 e. The Morgan fingerprint density at radius 2 is 0.687 bits per heavy atom. The second-order valence-corrected chi connectivity index (χ2v) is 21.2. The van der Waals surface area contributed by atoms with Gasteiger partial charge in [0.05, 0.1) is 0 Å². The number of hydrogen-bond acceptors (Lipinski definition) is 0. The van der Waals surface area contributed by atoms with E-state index in [9.17, 15) is 0 Å². The molecule has 0 fully saturated rings. The zero-order valence-electron chi connectivity index (χ0n) is 39.1. The molecule has 0 saturated heterocycles. The molecule has 1 aliphatic rings. The molecule has 0 amide bonds. The fraction of sp³-hybridized carbons (Fsp3) is 0.134. The molecular formula is C67H52. The molecule has 0 spiro atoms. The van der Waals surface area contributed by atoms with Gasteiger partial charge in [-0.15, -0.1) is 0 Å². The maximum absolute atomic E-state index is 2.57. The molecule has 0 saturated carbocycles. The highest BCUT2D eigenvalue weighted by molar-refractivity contribution is 6.26. The summed E-state index contributed by atoms with van der Waals surface area (Å²) in [6.45, 7) is 14.8. The quantitative estimate of drug-likeness (QED) is 0.123. The third-order valence-electron chi connectivity index (χ3n) is 15.7. The van der Waals surface area contributed by atoms with Crippen molar-refractivity contribution in [3.05, 3.63) is 217 Å². The van der Waals surface area contributed by atoms with Crippen molar-refractivity contribution in [1.82, 2.24) is 0 Å². The summed E-state index contributed by atoms with van der Waals surface area (Å²) in [4.78, 5) is 0. The topological polar surface area (TPSA) is 0 Å². The van der Waals surface area contributed by atoms with Crippen LogP contribution in [-0.2, 0) is 5.41 Å². The Labute approximate surface area is 393 Å². The van der Waals surface area contributed by atoms with E-state index in [1.54, 1.807) is 0 Å². The average Bonchev–Trinajstić information content (AvgIpc) is 3.67. The van der Waals surface area contributed by atoms with Crippen LogP contribution < -0.4 is 0 Å². The first kappa shape index (κ1) is 39.8. The van der Waals surface area contributed by atoms with E-state index < -0.39 is 0 Å². The largest absolute Gasteiger partial charge is 0.0616 e. The second-order valence-electron chi connectivity index (χ2n) is 21.2. The zero-order chi connectivity index (χ0) is 45.4. The molecule has 0 aromatic heterocycles. The SMILES string of the molecule is CC(C)(C)C1(C(C)(C)C)c2cc3cc(-c4ccc(-c5c6ccccc6c(-c6cc7ccccc7c7ccccc67)c6ccccc56)cc4)ccc3cc2-c2c1c1ccccc1c1ccccc21. The molecule has 0 heterocycles. The van der Waals surface area contributed by atoms with Crippen LogP contribution in [0, 0.1) is 10.8 Å². The number of hydrogen-bond donors (Lipinski definition) is 0. The van der Waals surface area contributed by atoms with E-state index in [1.165, 1.54) is 131 Å². The van der Waals surface area contributed by atoms with Crippen LogP contribution in [0.25, 0.3) is 120 Å². The van der Waals surface area contributed by atoms with Crippen molar-refractivity contribution in [3.8, 4) is 44.5 Å². The highest BCUT2D eigenvalue weighted by Crippen LogP contribution is 2.67. The first-order chi connectivity index (χ1) is 32.5. The van der Waals surface area contributed by atoms with E-state index in [1.807, 2.05) is 0 Å². The number of benzene rings is 12. The Morgan fingerprint density at radius 1 is 0.269 bits per heavy atom. The first-order valence-electron chi connectivity index (χ1n) is 24.0. The van der Waals surface area contributed by atoms with E-state index >= 15 is 0 Å². The molecule has 0 unspecified atom stereocenters. The highest BCUT2D eigenvalue weighted by atomic mass is 14.6. The van der Waals surface area contributed by atoms with Gasteiger partial charge in [0.1, 0.15) is 0 Å². The molecule has 0 bridgehead atoms. The van der Waals surface area contributed by atoms with Crippen molar-refractivity contribution in [1.29, 1.82) is 0 Å². The Hall–Kier alpha value is -7.54. The predicted molar refractivity (Wildman–Crippen MR) is 290 cm³/mol. The minimum absolute atomic E-state index is 0.0899. The lowest BCUT2D eigenvalue weighted by atomic mass is 9.49. The molecule has 67 heavy (non-hydrogen) atoms. The van der Waals surface area contributed by atoms with Crippen molar-refractivity contribution >= 4 is 75.4 Å². The molecule has 0 aliphatic heterocycles. The summed E-state index contributed by atoms with van der Waals surface area (Å²) in [7, 11) is 0. The Bertz CT molecular complexity index is 3960. The minimum atomic E-state index is -0.261. The summed E-state index contributed by atoms with van der Waals surface area (Å²) < 4.78 is 0. The molecule has 1 aliphatic carbocycles. The van der Waals surface area contributed by atoms with Gasteiger partial charge in [-0.05, 0) is 166 Å². The fourth-order valence-electron chi connectivity index (χ4n) is 13.4. The molecule has 0 atom stereocenters. The third kappa shape index (κ3) is 5.54. The zero-order valence-corrected chi connectivity index (χ0v) is 39.1. The van der Waals surface area contributed by atoms with Crippen LogP contribution in [0.3, 0.4) is 0 Å². The lowest BCUT2D eigenvalue weighted by molar-refractivity contribution is 0.0965. The molecular weight excluding hydrogens is 805 g/mol. The van der Waals surface area contributed by atoms with Gasteiger partial charge >= 0.3 is 0 Å². The second kappa shape index (κ2) is 14.2. The summed E-state index contributed by atoms with van der Waals surface area (Å²) in [5, 5.41) is 18.2. The Kier molecular flexibility index (Phi) is 8.45. The van der Waals surface area contributed by atoms with Gasteiger partial charge in [0.2, 0.25) is 0 Å². The number of fused-ring (bicyclic) bond motifs is 14. The van der Waals surface area contributed by atoms with Crippen LogP contribution in [0.15, 0.2) is 206 Å². The minimum Gasteiger partial charge on any atom is -0.0616 e. The number of rotatable bonds is 3. The van der Waals surface area contributed by atoms with Crippen molar-refractivity contribution in [2.75, 3.05) is 0 Å². The predicted octanol–water partition coefficient (Wildman–Crippen LogP) is 19.1. The summed E-state index contributed by atoms with van der Waals surface area (Å²) >= 11 is 0. The maximum atomic E-state index is 2.57. The highest BCUT2D eigenvalue weighted by Gasteiger charge is 2.58. The van der Waals surface area contributed by atoms with Crippen molar-refractivity contribution < 1.29 is 0 Å². The van der Waals surface area contributed by atoms with Crippen molar-refractivity contribution in [2.24, 2.45) is 10.8 Å². The monoisotopic (exact) mass is 856 g/mol. The average molecular weight is 857 g/mol. The summed E-state index contributed by atoms with van der Waals surface area (Å²) in [6, 6.07) is 78.0. The van der Waals surface area contributed by atoms with Crippen LogP contribution in [0.4, 0.5) is 0 Å². The molecule has 12 aromatic carbocycles. The van der Waals surface area contributed by atoms with Gasteiger partial charge in [-0.1, -0.05) is 224 Å². The van der Waals surface area contributed by atoms with Gasteiger partial charge < -0.3 is 0 Å². The van der Waals surface area contributed by atoms with E-state index in [2.05, 4.69) is 248 Å². The van der Waals surface area contributed by atoms with Crippen LogP contribution in [0.1, 0.15) is 52.7 Å². The Balaban J connectivity index is 0.978. The van der Waals surface area contributed by atoms with Crippen molar-refractivity contribution in [2.45, 2.75) is 47.0 Å². The molecule has 0 N–H and O–H groups in total. The molecule has 12 aromatic rings. The fourth-order valence-corrected chi connectivity index (χ4v) is 13.4. The molecule has 320 valence electrons. The van der Waals surface area contributed by atoms with Gasteiger partial charge in [-0.3, -0.25) is 0 Å². The molecule has 13 rings (SSSR count). The van der Waals surface area contributed by atoms with Crippen LogP contribution in [0.5, 0.6) is 0 Å². The maximum Gasteiger partial charge on any atom is 0.0318 e. The Morgan fingerprint density at radius 3 is 1.27 bits per heavy atom. The van der Waals surface area contributed by atoms with E-state index in [4.69, 9.17) is 0 Å². The van der Waals surface area contributed by atoms with Gasteiger partial charge in [0, 0.05) is 5.41 Å². The molecule has 0 nitrogen and oxygen atoms in total. The van der Waals surface area contributed by atoms with E-state index in [0.717, 1.165) is 0 Å². The van der Waals surface area contributed by atoms with Crippen LogP contribution in [0.2, 0.25) is 0 Å². The molecule has 0 radical (unpaired) electrons. The van der Waals surface area contributed by atoms with Gasteiger partial charge in [-0.25, -0.2) is 0 Å². The van der Waals surface area contributed by atoms with Gasteiger partial charge in [0.15, 0.2) is 0 Å². The van der Waals surface area contributed by atoms with E-state index in [-0.39, 0.29) is 16.2 Å². The summed E-state index contributed by atoms with van der Waals surface area (Å²) in [5.41, 5.74) is 12.8. The third-order valence-corrected chi connectivity index (χ3v) is 15.7. The van der Waals surface area contributed by atoms with Gasteiger partial charge in [-0.2, -0.15) is 0 Å². The molecule has 0 heteroatoms. The lowest BCUT2D eigenvalue weighted by Crippen LogP contribution is -2.50. The van der Waals surface area contributed by atoms with Gasteiger partial charge in [0.25, 0.3) is 0 Å². The summed E-state index contributed by atoms with van der Waals surface area (Å²) in [6.07, 6.45) is 0. The lowest BCUT2D eigenvalue weighted by Gasteiger charge is -2.53.